The fraction of sp³-hybridized carbons (Fsp3) is 0.231. The summed E-state index contributed by atoms with van der Waals surface area (Å²) >= 11 is 0. The van der Waals surface area contributed by atoms with Gasteiger partial charge in [0.25, 0.3) is 0 Å². The van der Waals surface area contributed by atoms with Crippen molar-refractivity contribution in [3.63, 3.8) is 0 Å². The number of hydrogen-bond acceptors (Lipinski definition) is 0. The lowest BCUT2D eigenvalue weighted by Gasteiger charge is -2.09. The maximum absolute atomic E-state index is 12.6. The largest absolute Gasteiger partial charge is 0.416 e. The van der Waals surface area contributed by atoms with E-state index in [0.717, 1.165) is 23.4 Å². The summed E-state index contributed by atoms with van der Waals surface area (Å²) in [4.78, 5) is 0. The second-order valence-electron chi connectivity index (χ2n) is 3.70. The lowest BCUT2D eigenvalue weighted by molar-refractivity contribution is -0.137. The number of alkyl halides is 3. The molecule has 16 heavy (non-hydrogen) atoms. The third kappa shape index (κ3) is 1.90. The number of halogens is 3. The Bertz CT molecular complexity index is 512. The molecule has 0 amide bonds. The van der Waals surface area contributed by atoms with Crippen LogP contribution in [0.15, 0.2) is 36.4 Å². The van der Waals surface area contributed by atoms with Crippen LogP contribution < -0.4 is 0 Å². The fourth-order valence-corrected chi connectivity index (χ4v) is 1.82. The molecule has 84 valence electrons. The predicted octanol–water partition coefficient (Wildman–Crippen LogP) is 4.42. The van der Waals surface area contributed by atoms with Crippen LogP contribution in [-0.2, 0) is 12.6 Å². The van der Waals surface area contributed by atoms with Crippen molar-refractivity contribution >= 4 is 10.8 Å². The van der Waals surface area contributed by atoms with Crippen molar-refractivity contribution in [3.05, 3.63) is 47.5 Å². The van der Waals surface area contributed by atoms with Crippen LogP contribution in [-0.4, -0.2) is 0 Å². The van der Waals surface area contributed by atoms with Gasteiger partial charge >= 0.3 is 6.18 Å². The van der Waals surface area contributed by atoms with Gasteiger partial charge in [-0.05, 0) is 34.9 Å². The molecule has 0 unspecified atom stereocenters. The Labute approximate surface area is 91.7 Å². The van der Waals surface area contributed by atoms with Crippen molar-refractivity contribution in [1.29, 1.82) is 0 Å². The SMILES string of the molecule is CCc1cccc2ccc(C(F)(F)F)cc12. The molecular weight excluding hydrogens is 213 g/mol. The first-order chi connectivity index (χ1) is 7.52. The zero-order chi connectivity index (χ0) is 11.8. The van der Waals surface area contributed by atoms with Crippen molar-refractivity contribution in [3.8, 4) is 0 Å². The Kier molecular flexibility index (Phi) is 2.62. The zero-order valence-electron chi connectivity index (χ0n) is 8.81. The molecule has 2 aromatic carbocycles. The molecule has 0 spiro atoms. The summed E-state index contributed by atoms with van der Waals surface area (Å²) in [6.45, 7) is 1.94. The zero-order valence-corrected chi connectivity index (χ0v) is 8.81. The van der Waals surface area contributed by atoms with Gasteiger partial charge in [0.05, 0.1) is 5.56 Å². The molecule has 0 radical (unpaired) electrons. The molecule has 0 saturated heterocycles. The van der Waals surface area contributed by atoms with Crippen LogP contribution >= 0.6 is 0 Å². The Hall–Kier alpha value is -1.51. The molecule has 0 aliphatic rings. The van der Waals surface area contributed by atoms with E-state index >= 15 is 0 Å². The van der Waals surface area contributed by atoms with E-state index < -0.39 is 11.7 Å². The molecular formula is C13H11F3. The molecule has 0 atom stereocenters. The Morgan fingerprint density at radius 2 is 1.81 bits per heavy atom. The summed E-state index contributed by atoms with van der Waals surface area (Å²) in [6.07, 6.45) is -3.53. The van der Waals surface area contributed by atoms with Crippen molar-refractivity contribution in [2.75, 3.05) is 0 Å². The van der Waals surface area contributed by atoms with Gasteiger partial charge in [-0.1, -0.05) is 31.2 Å². The molecule has 2 rings (SSSR count). The van der Waals surface area contributed by atoms with Gasteiger partial charge in [-0.2, -0.15) is 13.2 Å². The number of hydrogen-bond donors (Lipinski definition) is 0. The van der Waals surface area contributed by atoms with Gasteiger partial charge < -0.3 is 0 Å². The molecule has 0 nitrogen and oxygen atoms in total. The van der Waals surface area contributed by atoms with E-state index in [9.17, 15) is 13.2 Å². The minimum Gasteiger partial charge on any atom is -0.166 e. The normalized spacial score (nSPS) is 12.0. The van der Waals surface area contributed by atoms with E-state index in [4.69, 9.17) is 0 Å². The average molecular weight is 224 g/mol. The van der Waals surface area contributed by atoms with Gasteiger partial charge in [0.1, 0.15) is 0 Å². The van der Waals surface area contributed by atoms with Crippen molar-refractivity contribution < 1.29 is 13.2 Å². The Balaban J connectivity index is 2.68. The van der Waals surface area contributed by atoms with Crippen LogP contribution in [0.3, 0.4) is 0 Å². The molecule has 2 aromatic rings. The van der Waals surface area contributed by atoms with Crippen molar-refractivity contribution in [1.82, 2.24) is 0 Å². The van der Waals surface area contributed by atoms with Gasteiger partial charge in [0, 0.05) is 0 Å². The molecule has 0 aliphatic heterocycles. The van der Waals surface area contributed by atoms with Crippen LogP contribution in [0.25, 0.3) is 10.8 Å². The van der Waals surface area contributed by atoms with Crippen LogP contribution in [0.2, 0.25) is 0 Å². The molecule has 0 aromatic heterocycles. The summed E-state index contributed by atoms with van der Waals surface area (Å²) in [7, 11) is 0. The molecule has 3 heteroatoms. The molecule has 0 saturated carbocycles. The summed E-state index contributed by atoms with van der Waals surface area (Å²) in [5, 5.41) is 1.55. The highest BCUT2D eigenvalue weighted by atomic mass is 19.4. The quantitative estimate of drug-likeness (QED) is 0.672. The monoisotopic (exact) mass is 224 g/mol. The lowest BCUT2D eigenvalue weighted by Crippen LogP contribution is -2.04. The molecule has 0 fully saturated rings. The first-order valence-corrected chi connectivity index (χ1v) is 5.11. The third-order valence-electron chi connectivity index (χ3n) is 2.68. The Morgan fingerprint density at radius 1 is 1.06 bits per heavy atom. The van der Waals surface area contributed by atoms with Crippen LogP contribution in [0.4, 0.5) is 13.2 Å². The van der Waals surface area contributed by atoms with Gasteiger partial charge in [-0.3, -0.25) is 0 Å². The summed E-state index contributed by atoms with van der Waals surface area (Å²) in [5.74, 6) is 0. The number of benzene rings is 2. The Morgan fingerprint density at radius 3 is 2.44 bits per heavy atom. The maximum Gasteiger partial charge on any atom is 0.416 e. The minimum atomic E-state index is -4.27. The molecule has 0 bridgehead atoms. The number of fused-ring (bicyclic) bond motifs is 1. The second-order valence-corrected chi connectivity index (χ2v) is 3.70. The number of aryl methyl sites for hydroxylation is 1. The van der Waals surface area contributed by atoms with E-state index in [2.05, 4.69) is 0 Å². The molecule has 0 N–H and O–H groups in total. The van der Waals surface area contributed by atoms with Crippen LogP contribution in [0.5, 0.6) is 0 Å². The molecule has 0 aliphatic carbocycles. The van der Waals surface area contributed by atoms with Gasteiger partial charge in [0.15, 0.2) is 0 Å². The lowest BCUT2D eigenvalue weighted by atomic mass is 10.0. The highest BCUT2D eigenvalue weighted by Crippen LogP contribution is 2.32. The van der Waals surface area contributed by atoms with E-state index in [-0.39, 0.29) is 0 Å². The van der Waals surface area contributed by atoms with E-state index in [0.29, 0.717) is 5.39 Å². The average Bonchev–Trinajstić information content (AvgIpc) is 2.26. The highest BCUT2D eigenvalue weighted by molar-refractivity contribution is 5.86. The van der Waals surface area contributed by atoms with Gasteiger partial charge in [-0.15, -0.1) is 0 Å². The van der Waals surface area contributed by atoms with E-state index in [1.807, 2.05) is 25.1 Å². The minimum absolute atomic E-state index is 0.583. The maximum atomic E-state index is 12.6. The van der Waals surface area contributed by atoms with Gasteiger partial charge in [-0.25, -0.2) is 0 Å². The predicted molar refractivity (Wildman–Crippen MR) is 58.3 cm³/mol. The third-order valence-corrected chi connectivity index (χ3v) is 2.68. The van der Waals surface area contributed by atoms with Crippen LogP contribution in [0, 0.1) is 0 Å². The first kappa shape index (κ1) is 11.0. The fourth-order valence-electron chi connectivity index (χ4n) is 1.82. The van der Waals surface area contributed by atoms with E-state index in [1.165, 1.54) is 12.1 Å². The topological polar surface area (TPSA) is 0 Å². The smallest absolute Gasteiger partial charge is 0.166 e. The van der Waals surface area contributed by atoms with Gasteiger partial charge in [0.2, 0.25) is 0 Å². The van der Waals surface area contributed by atoms with Crippen LogP contribution in [0.1, 0.15) is 18.1 Å². The summed E-state index contributed by atoms with van der Waals surface area (Å²) in [5.41, 5.74) is 0.365. The van der Waals surface area contributed by atoms with Crippen molar-refractivity contribution in [2.45, 2.75) is 19.5 Å². The second kappa shape index (κ2) is 3.81. The highest BCUT2D eigenvalue weighted by Gasteiger charge is 2.30. The summed E-state index contributed by atoms with van der Waals surface area (Å²) in [6, 6.07) is 9.44. The summed E-state index contributed by atoms with van der Waals surface area (Å²) < 4.78 is 37.7. The standard InChI is InChI=1S/C13H11F3/c1-2-9-4-3-5-10-6-7-11(8-12(9)10)13(14,15)16/h3-8H,2H2,1H3. The van der Waals surface area contributed by atoms with E-state index in [1.54, 1.807) is 0 Å². The number of rotatable bonds is 1. The molecule has 0 heterocycles. The van der Waals surface area contributed by atoms with Crippen molar-refractivity contribution in [2.24, 2.45) is 0 Å². The first-order valence-electron chi connectivity index (χ1n) is 5.11.